The van der Waals surface area contributed by atoms with Crippen LogP contribution in [-0.4, -0.2) is 18.0 Å². The number of hydrogen-bond donors (Lipinski definition) is 0. The Balaban J connectivity index is 3.14. The number of carbonyl (C=O) groups excluding carboxylic acids is 1. The lowest BCUT2D eigenvalue weighted by Gasteiger charge is -2.04. The molecule has 16 heavy (non-hydrogen) atoms. The molecule has 0 saturated carbocycles. The molecule has 5 nitrogen and oxygen atoms in total. The molecule has 0 spiro atoms. The fourth-order valence-electron chi connectivity index (χ4n) is 1.25. The fourth-order valence-corrected chi connectivity index (χ4v) is 1.49. The molecule has 86 valence electrons. The predicted octanol–water partition coefficient (Wildman–Crippen LogP) is 2.27. The number of nitro groups is 1. The molecule has 6 heteroatoms. The van der Waals surface area contributed by atoms with Crippen LogP contribution in [0.4, 0.5) is 5.69 Å². The molecule has 0 aliphatic heterocycles. The number of nitro benzene ring substituents is 1. The van der Waals surface area contributed by atoms with Gasteiger partial charge in [-0.05, 0) is 18.6 Å². The van der Waals surface area contributed by atoms with Crippen LogP contribution in [0.1, 0.15) is 11.1 Å². The van der Waals surface area contributed by atoms with E-state index in [2.05, 4.69) is 4.74 Å². The third-order valence-electron chi connectivity index (χ3n) is 2.15. The van der Waals surface area contributed by atoms with Crippen LogP contribution in [0.15, 0.2) is 12.1 Å². The molecular formula is C10H10ClNO4. The summed E-state index contributed by atoms with van der Waals surface area (Å²) in [6, 6.07) is 2.86. The summed E-state index contributed by atoms with van der Waals surface area (Å²) in [5.74, 6) is -0.464. The zero-order valence-corrected chi connectivity index (χ0v) is 9.58. The van der Waals surface area contributed by atoms with Gasteiger partial charge in [-0.2, -0.15) is 0 Å². The monoisotopic (exact) mass is 243 g/mol. The van der Waals surface area contributed by atoms with Crippen molar-refractivity contribution in [3.8, 4) is 0 Å². The van der Waals surface area contributed by atoms with Crippen molar-refractivity contribution in [2.75, 3.05) is 7.11 Å². The second-order valence-electron chi connectivity index (χ2n) is 3.23. The molecule has 0 amide bonds. The number of methoxy groups -OCH3 is 1. The normalized spacial score (nSPS) is 9.94. The summed E-state index contributed by atoms with van der Waals surface area (Å²) < 4.78 is 4.47. The first-order valence-corrected chi connectivity index (χ1v) is 4.83. The largest absolute Gasteiger partial charge is 0.469 e. The summed E-state index contributed by atoms with van der Waals surface area (Å²) in [4.78, 5) is 21.2. The van der Waals surface area contributed by atoms with E-state index >= 15 is 0 Å². The van der Waals surface area contributed by atoms with Crippen molar-refractivity contribution < 1.29 is 14.5 Å². The summed E-state index contributed by atoms with van der Waals surface area (Å²) in [7, 11) is 1.26. The van der Waals surface area contributed by atoms with Gasteiger partial charge in [-0.15, -0.1) is 0 Å². The van der Waals surface area contributed by atoms with E-state index in [-0.39, 0.29) is 17.1 Å². The lowest BCUT2D eigenvalue weighted by atomic mass is 10.1. The molecule has 0 aliphatic rings. The van der Waals surface area contributed by atoms with Crippen molar-refractivity contribution in [2.24, 2.45) is 0 Å². The van der Waals surface area contributed by atoms with Crippen LogP contribution in [0.3, 0.4) is 0 Å². The van der Waals surface area contributed by atoms with Gasteiger partial charge in [-0.25, -0.2) is 0 Å². The van der Waals surface area contributed by atoms with Gasteiger partial charge >= 0.3 is 5.97 Å². The Hall–Kier alpha value is -1.62. The Kier molecular flexibility index (Phi) is 3.84. The third kappa shape index (κ3) is 2.70. The Labute approximate surface area is 97.1 Å². The topological polar surface area (TPSA) is 69.4 Å². The maximum Gasteiger partial charge on any atom is 0.309 e. The van der Waals surface area contributed by atoms with Crippen molar-refractivity contribution in [2.45, 2.75) is 13.3 Å². The number of nitrogens with zero attached hydrogens (tertiary/aromatic N) is 1. The zero-order valence-electron chi connectivity index (χ0n) is 8.82. The summed E-state index contributed by atoms with van der Waals surface area (Å²) in [5, 5.41) is 11.0. The van der Waals surface area contributed by atoms with Crippen molar-refractivity contribution in [3.63, 3.8) is 0 Å². The summed E-state index contributed by atoms with van der Waals surface area (Å²) >= 11 is 5.83. The Morgan fingerprint density at radius 2 is 2.19 bits per heavy atom. The predicted molar refractivity (Wildman–Crippen MR) is 58.6 cm³/mol. The van der Waals surface area contributed by atoms with Gasteiger partial charge in [0.05, 0.1) is 23.5 Å². The highest BCUT2D eigenvalue weighted by molar-refractivity contribution is 6.31. The van der Waals surface area contributed by atoms with E-state index in [1.807, 2.05) is 0 Å². The lowest BCUT2D eigenvalue weighted by Crippen LogP contribution is -2.05. The second-order valence-corrected chi connectivity index (χ2v) is 3.64. The molecule has 1 aromatic carbocycles. The van der Waals surface area contributed by atoms with E-state index in [0.29, 0.717) is 11.1 Å². The first kappa shape index (κ1) is 12.4. The summed E-state index contributed by atoms with van der Waals surface area (Å²) in [5.41, 5.74) is 0.765. The van der Waals surface area contributed by atoms with Crippen LogP contribution in [0.25, 0.3) is 0 Å². The van der Waals surface area contributed by atoms with Crippen LogP contribution < -0.4 is 0 Å². The van der Waals surface area contributed by atoms with Gasteiger partial charge < -0.3 is 4.74 Å². The summed E-state index contributed by atoms with van der Waals surface area (Å²) in [6.45, 7) is 1.56. The standard InChI is InChI=1S/C10H10ClNO4/c1-6-8(11)3-7(5-10(13)16-2)4-9(6)12(14)15/h3-4H,5H2,1-2H3. The number of rotatable bonds is 3. The molecule has 0 atom stereocenters. The molecule has 0 aromatic heterocycles. The number of hydrogen-bond acceptors (Lipinski definition) is 4. The van der Waals surface area contributed by atoms with Gasteiger partial charge in [-0.3, -0.25) is 14.9 Å². The van der Waals surface area contributed by atoms with Gasteiger partial charge in [-0.1, -0.05) is 11.6 Å². The minimum absolute atomic E-state index is 0.0304. The van der Waals surface area contributed by atoms with Crippen molar-refractivity contribution in [3.05, 3.63) is 38.4 Å². The van der Waals surface area contributed by atoms with E-state index in [1.54, 1.807) is 6.92 Å². The number of benzene rings is 1. The molecule has 0 unspecified atom stereocenters. The maximum atomic E-state index is 11.0. The highest BCUT2D eigenvalue weighted by atomic mass is 35.5. The molecule has 0 saturated heterocycles. The van der Waals surface area contributed by atoms with E-state index in [0.717, 1.165) is 0 Å². The number of esters is 1. The van der Waals surface area contributed by atoms with E-state index in [4.69, 9.17) is 11.6 Å². The van der Waals surface area contributed by atoms with Gasteiger partial charge in [0.1, 0.15) is 0 Å². The molecule has 0 N–H and O–H groups in total. The van der Waals surface area contributed by atoms with Crippen LogP contribution >= 0.6 is 11.6 Å². The lowest BCUT2D eigenvalue weighted by molar-refractivity contribution is -0.385. The average Bonchev–Trinajstić information content (AvgIpc) is 2.22. The second kappa shape index (κ2) is 4.94. The van der Waals surface area contributed by atoms with E-state index < -0.39 is 10.9 Å². The first-order valence-electron chi connectivity index (χ1n) is 4.46. The van der Waals surface area contributed by atoms with E-state index in [1.165, 1.54) is 19.2 Å². The molecular weight excluding hydrogens is 234 g/mol. The van der Waals surface area contributed by atoms with Gasteiger partial charge in [0.25, 0.3) is 5.69 Å². The minimum Gasteiger partial charge on any atom is -0.469 e. The zero-order chi connectivity index (χ0) is 12.3. The van der Waals surface area contributed by atoms with Crippen molar-refractivity contribution >= 4 is 23.3 Å². The van der Waals surface area contributed by atoms with Crippen LogP contribution in [0.5, 0.6) is 0 Å². The molecule has 0 bridgehead atoms. The molecule has 1 rings (SSSR count). The first-order chi connectivity index (χ1) is 7.45. The SMILES string of the molecule is COC(=O)Cc1cc(Cl)c(C)c([N+](=O)[O-])c1. The van der Waals surface area contributed by atoms with Crippen LogP contribution in [0, 0.1) is 17.0 Å². The molecule has 0 aliphatic carbocycles. The third-order valence-corrected chi connectivity index (χ3v) is 2.54. The molecule has 0 radical (unpaired) electrons. The maximum absolute atomic E-state index is 11.0. The van der Waals surface area contributed by atoms with Gasteiger partial charge in [0.2, 0.25) is 0 Å². The minimum atomic E-state index is -0.526. The number of carbonyl (C=O) groups is 1. The van der Waals surface area contributed by atoms with Crippen LogP contribution in [-0.2, 0) is 16.0 Å². The van der Waals surface area contributed by atoms with Crippen molar-refractivity contribution in [1.82, 2.24) is 0 Å². The molecule has 0 heterocycles. The highest BCUT2D eigenvalue weighted by Crippen LogP contribution is 2.27. The van der Waals surface area contributed by atoms with Crippen molar-refractivity contribution in [1.29, 1.82) is 0 Å². The van der Waals surface area contributed by atoms with E-state index in [9.17, 15) is 14.9 Å². The van der Waals surface area contributed by atoms with Crippen LogP contribution in [0.2, 0.25) is 5.02 Å². The quantitative estimate of drug-likeness (QED) is 0.464. The Bertz CT molecular complexity index is 445. The molecule has 0 fully saturated rings. The number of ether oxygens (including phenoxy) is 1. The summed E-state index contributed by atoms with van der Waals surface area (Å²) in [6.07, 6.45) is -0.0304. The van der Waals surface area contributed by atoms with Gasteiger partial charge in [0, 0.05) is 11.6 Å². The number of halogens is 1. The fraction of sp³-hybridized carbons (Fsp3) is 0.300. The molecule has 1 aromatic rings. The Morgan fingerprint density at radius 3 is 2.69 bits per heavy atom. The highest BCUT2D eigenvalue weighted by Gasteiger charge is 2.16. The average molecular weight is 244 g/mol. The smallest absolute Gasteiger partial charge is 0.309 e. The Morgan fingerprint density at radius 1 is 1.56 bits per heavy atom. The van der Waals surface area contributed by atoms with Gasteiger partial charge in [0.15, 0.2) is 0 Å².